The van der Waals surface area contributed by atoms with Crippen LogP contribution in [-0.4, -0.2) is 35.5 Å². The molecular formula is C12H18N4O2. The number of aromatic amines is 1. The molecule has 0 atom stereocenters. The Morgan fingerprint density at radius 2 is 2.28 bits per heavy atom. The first-order valence-corrected chi connectivity index (χ1v) is 6.20. The Labute approximate surface area is 105 Å². The molecule has 0 bridgehead atoms. The summed E-state index contributed by atoms with van der Waals surface area (Å²) in [7, 11) is 0. The molecule has 2 rings (SSSR count). The Kier molecular flexibility index (Phi) is 3.96. The molecule has 0 aliphatic carbocycles. The molecule has 0 spiro atoms. The predicted molar refractivity (Wildman–Crippen MR) is 68.5 cm³/mol. The zero-order valence-corrected chi connectivity index (χ0v) is 10.5. The van der Waals surface area contributed by atoms with Crippen LogP contribution in [0.15, 0.2) is 17.2 Å². The van der Waals surface area contributed by atoms with Crippen molar-refractivity contribution < 1.29 is 4.79 Å². The SMILES string of the molecule is CC(=O)NCC1CCN(c2ncc[nH]c2=O)CC1. The summed E-state index contributed by atoms with van der Waals surface area (Å²) in [5.74, 6) is 1.00. The van der Waals surface area contributed by atoms with E-state index in [-0.39, 0.29) is 11.5 Å². The van der Waals surface area contributed by atoms with Crippen LogP contribution in [0.3, 0.4) is 0 Å². The van der Waals surface area contributed by atoms with Gasteiger partial charge in [-0.3, -0.25) is 9.59 Å². The van der Waals surface area contributed by atoms with E-state index in [1.165, 1.54) is 13.1 Å². The van der Waals surface area contributed by atoms with Gasteiger partial charge in [-0.25, -0.2) is 4.98 Å². The molecule has 0 radical (unpaired) electrons. The minimum absolute atomic E-state index is 0.0126. The molecule has 2 N–H and O–H groups in total. The Hall–Kier alpha value is -1.85. The first-order chi connectivity index (χ1) is 8.66. The molecule has 6 heteroatoms. The quantitative estimate of drug-likeness (QED) is 0.799. The van der Waals surface area contributed by atoms with Gasteiger partial charge in [-0.05, 0) is 18.8 Å². The van der Waals surface area contributed by atoms with Crippen molar-refractivity contribution in [3.05, 3.63) is 22.7 Å². The fourth-order valence-corrected chi connectivity index (χ4v) is 2.21. The number of H-pyrrole nitrogens is 1. The molecule has 1 aliphatic rings. The van der Waals surface area contributed by atoms with Crippen LogP contribution >= 0.6 is 0 Å². The molecule has 18 heavy (non-hydrogen) atoms. The van der Waals surface area contributed by atoms with E-state index in [4.69, 9.17) is 0 Å². The summed E-state index contributed by atoms with van der Waals surface area (Å²) in [5, 5.41) is 2.84. The third kappa shape index (κ3) is 3.09. The van der Waals surface area contributed by atoms with Crippen LogP contribution in [-0.2, 0) is 4.79 Å². The fraction of sp³-hybridized carbons (Fsp3) is 0.583. The van der Waals surface area contributed by atoms with Crippen LogP contribution in [0.5, 0.6) is 0 Å². The predicted octanol–water partition coefficient (Wildman–Crippen LogP) is 0.122. The lowest BCUT2D eigenvalue weighted by atomic mass is 9.97. The standard InChI is InChI=1S/C12H18N4O2/c1-9(17)15-8-10-2-6-16(7-3-10)11-12(18)14-5-4-13-11/h4-5,10H,2-3,6-8H2,1H3,(H,14,18)(H,15,17). The molecule has 1 aromatic heterocycles. The van der Waals surface area contributed by atoms with E-state index in [0.29, 0.717) is 11.7 Å². The number of nitrogens with one attached hydrogen (secondary N) is 2. The molecule has 98 valence electrons. The van der Waals surface area contributed by atoms with Gasteiger partial charge in [-0.15, -0.1) is 0 Å². The fourth-order valence-electron chi connectivity index (χ4n) is 2.21. The Morgan fingerprint density at radius 3 is 2.89 bits per heavy atom. The van der Waals surface area contributed by atoms with Gasteiger partial charge in [0.05, 0.1) is 0 Å². The van der Waals surface area contributed by atoms with E-state index < -0.39 is 0 Å². The zero-order chi connectivity index (χ0) is 13.0. The van der Waals surface area contributed by atoms with Gasteiger partial charge < -0.3 is 15.2 Å². The second kappa shape index (κ2) is 5.66. The van der Waals surface area contributed by atoms with Gasteiger partial charge in [0.15, 0.2) is 5.82 Å². The van der Waals surface area contributed by atoms with Gasteiger partial charge in [0.2, 0.25) is 5.91 Å². The molecule has 0 unspecified atom stereocenters. The van der Waals surface area contributed by atoms with Crippen LogP contribution in [0, 0.1) is 5.92 Å². The van der Waals surface area contributed by atoms with E-state index >= 15 is 0 Å². The first kappa shape index (κ1) is 12.6. The van der Waals surface area contributed by atoms with Gasteiger partial charge in [0.25, 0.3) is 5.56 Å². The van der Waals surface area contributed by atoms with Gasteiger partial charge in [0, 0.05) is 39.0 Å². The van der Waals surface area contributed by atoms with Crippen molar-refractivity contribution in [3.63, 3.8) is 0 Å². The summed E-state index contributed by atoms with van der Waals surface area (Å²) in [4.78, 5) is 31.2. The molecule has 1 aromatic rings. The number of nitrogens with zero attached hydrogens (tertiary/aromatic N) is 2. The van der Waals surface area contributed by atoms with Crippen molar-refractivity contribution in [1.82, 2.24) is 15.3 Å². The number of amides is 1. The highest BCUT2D eigenvalue weighted by Crippen LogP contribution is 2.18. The number of anilines is 1. The third-order valence-corrected chi connectivity index (χ3v) is 3.24. The maximum Gasteiger partial charge on any atom is 0.290 e. The van der Waals surface area contributed by atoms with Crippen LogP contribution in [0.25, 0.3) is 0 Å². The first-order valence-electron chi connectivity index (χ1n) is 6.20. The summed E-state index contributed by atoms with van der Waals surface area (Å²) < 4.78 is 0. The molecule has 1 aliphatic heterocycles. The van der Waals surface area contributed by atoms with Crippen molar-refractivity contribution in [3.8, 4) is 0 Å². The van der Waals surface area contributed by atoms with E-state index in [2.05, 4.69) is 15.3 Å². The van der Waals surface area contributed by atoms with Gasteiger partial charge in [-0.2, -0.15) is 0 Å². The molecule has 0 aromatic carbocycles. The van der Waals surface area contributed by atoms with Crippen molar-refractivity contribution in [2.45, 2.75) is 19.8 Å². The lowest BCUT2D eigenvalue weighted by molar-refractivity contribution is -0.119. The number of rotatable bonds is 3. The van der Waals surface area contributed by atoms with Crippen LogP contribution < -0.4 is 15.8 Å². The van der Waals surface area contributed by atoms with Crippen LogP contribution in [0.4, 0.5) is 5.82 Å². The number of carbonyl (C=O) groups excluding carboxylic acids is 1. The second-order valence-electron chi connectivity index (χ2n) is 4.61. The van der Waals surface area contributed by atoms with Crippen molar-refractivity contribution >= 4 is 11.7 Å². The molecule has 6 nitrogen and oxygen atoms in total. The average Bonchev–Trinajstić information content (AvgIpc) is 2.38. The molecule has 2 heterocycles. The highest BCUT2D eigenvalue weighted by atomic mass is 16.1. The van der Waals surface area contributed by atoms with E-state index in [9.17, 15) is 9.59 Å². The number of carbonyl (C=O) groups is 1. The summed E-state index contributed by atoms with van der Waals surface area (Å²) >= 11 is 0. The number of hydrogen-bond acceptors (Lipinski definition) is 4. The lowest BCUT2D eigenvalue weighted by Crippen LogP contribution is -2.40. The summed E-state index contributed by atoms with van der Waals surface area (Å²) in [6.45, 7) is 3.87. The van der Waals surface area contributed by atoms with Gasteiger partial charge >= 0.3 is 0 Å². The van der Waals surface area contributed by atoms with E-state index in [1.807, 2.05) is 4.90 Å². The number of hydrogen-bond donors (Lipinski definition) is 2. The number of aromatic nitrogens is 2. The highest BCUT2D eigenvalue weighted by molar-refractivity contribution is 5.72. The molecule has 0 saturated carbocycles. The third-order valence-electron chi connectivity index (χ3n) is 3.24. The highest BCUT2D eigenvalue weighted by Gasteiger charge is 2.21. The number of piperidine rings is 1. The van der Waals surface area contributed by atoms with Crippen LogP contribution in [0.1, 0.15) is 19.8 Å². The van der Waals surface area contributed by atoms with Crippen molar-refractivity contribution in [1.29, 1.82) is 0 Å². The van der Waals surface area contributed by atoms with E-state index in [1.54, 1.807) is 6.20 Å². The molecular weight excluding hydrogens is 232 g/mol. The van der Waals surface area contributed by atoms with Crippen LogP contribution in [0.2, 0.25) is 0 Å². The lowest BCUT2D eigenvalue weighted by Gasteiger charge is -2.32. The normalized spacial score (nSPS) is 16.6. The van der Waals surface area contributed by atoms with E-state index in [0.717, 1.165) is 32.5 Å². The summed E-state index contributed by atoms with van der Waals surface area (Å²) in [6.07, 6.45) is 5.07. The summed E-state index contributed by atoms with van der Waals surface area (Å²) in [5.41, 5.74) is -0.141. The van der Waals surface area contributed by atoms with Crippen molar-refractivity contribution in [2.75, 3.05) is 24.5 Å². The maximum absolute atomic E-state index is 11.6. The molecule has 1 saturated heterocycles. The minimum atomic E-state index is -0.141. The monoisotopic (exact) mass is 250 g/mol. The smallest absolute Gasteiger partial charge is 0.290 e. The molecule has 1 fully saturated rings. The van der Waals surface area contributed by atoms with Crippen molar-refractivity contribution in [2.24, 2.45) is 5.92 Å². The summed E-state index contributed by atoms with van der Waals surface area (Å²) in [6, 6.07) is 0. The largest absolute Gasteiger partial charge is 0.356 e. The minimum Gasteiger partial charge on any atom is -0.356 e. The van der Waals surface area contributed by atoms with Gasteiger partial charge in [0.1, 0.15) is 0 Å². The second-order valence-corrected chi connectivity index (χ2v) is 4.61. The maximum atomic E-state index is 11.6. The van der Waals surface area contributed by atoms with Gasteiger partial charge in [-0.1, -0.05) is 0 Å². The Bertz CT molecular complexity index is 463. The molecule has 1 amide bonds. The zero-order valence-electron chi connectivity index (χ0n) is 10.5. The Morgan fingerprint density at radius 1 is 1.56 bits per heavy atom. The topological polar surface area (TPSA) is 78.1 Å². The average molecular weight is 250 g/mol. The Balaban J connectivity index is 1.89.